The van der Waals surface area contributed by atoms with E-state index in [2.05, 4.69) is 31.1 Å². The van der Waals surface area contributed by atoms with Crippen LogP contribution in [0.2, 0.25) is 0 Å². The van der Waals surface area contributed by atoms with Gasteiger partial charge in [-0.2, -0.15) is 0 Å². The maximum Gasteiger partial charge on any atom is 0.222 e. The van der Waals surface area contributed by atoms with Gasteiger partial charge in [-0.25, -0.2) is 0 Å². The highest BCUT2D eigenvalue weighted by Crippen LogP contribution is 2.22. The zero-order valence-electron chi connectivity index (χ0n) is 11.3. The zero-order valence-corrected chi connectivity index (χ0v) is 11.3. The van der Waals surface area contributed by atoms with E-state index in [-0.39, 0.29) is 13.3 Å². The topological polar surface area (TPSA) is 32.3 Å². The lowest BCUT2D eigenvalue weighted by molar-refractivity contribution is -0.125. The Morgan fingerprint density at radius 1 is 1.38 bits per heavy atom. The Labute approximate surface area is 101 Å². The van der Waals surface area contributed by atoms with Crippen LogP contribution in [-0.2, 0) is 4.79 Å². The maximum atomic E-state index is 11.8. The monoisotopic (exact) mass is 228 g/mol. The number of likely N-dealkylation sites (tertiary alicyclic amines) is 1. The van der Waals surface area contributed by atoms with Crippen LogP contribution in [0.4, 0.5) is 0 Å². The van der Waals surface area contributed by atoms with Gasteiger partial charge in [0, 0.05) is 19.4 Å². The number of amides is 1. The molecule has 0 unspecified atom stereocenters. The quantitative estimate of drug-likeness (QED) is 0.799. The molecule has 0 aliphatic carbocycles. The Hall–Kier alpha value is -0.570. The van der Waals surface area contributed by atoms with E-state index in [1.54, 1.807) is 0 Å². The predicted molar refractivity (Wildman–Crippen MR) is 69.4 cm³/mol. The molecule has 96 valence electrons. The van der Waals surface area contributed by atoms with Gasteiger partial charge in [0.1, 0.15) is 0 Å². The number of nitrogens with one attached hydrogen (secondary N) is 1. The lowest BCUT2D eigenvalue weighted by Crippen LogP contribution is -2.51. The Balaban J connectivity index is 0.00000256. The molecule has 1 fully saturated rings. The van der Waals surface area contributed by atoms with Crippen molar-refractivity contribution in [1.29, 1.82) is 0 Å². The fourth-order valence-electron chi connectivity index (χ4n) is 2.43. The van der Waals surface area contributed by atoms with Crippen LogP contribution in [0.5, 0.6) is 0 Å². The summed E-state index contributed by atoms with van der Waals surface area (Å²) in [5.41, 5.74) is 0. The molecule has 1 aliphatic heterocycles. The van der Waals surface area contributed by atoms with Crippen molar-refractivity contribution in [3.05, 3.63) is 0 Å². The van der Waals surface area contributed by atoms with Crippen LogP contribution in [0.25, 0.3) is 0 Å². The smallest absolute Gasteiger partial charge is 0.222 e. The molecule has 1 aliphatic rings. The molecule has 3 nitrogen and oxygen atoms in total. The average molecular weight is 228 g/mol. The van der Waals surface area contributed by atoms with Gasteiger partial charge in [-0.3, -0.25) is 4.79 Å². The largest absolute Gasteiger partial charge is 0.351 e. The van der Waals surface area contributed by atoms with E-state index in [0.717, 1.165) is 6.54 Å². The molecule has 1 rings (SSSR count). The molecule has 0 aromatic carbocycles. The standard InChI is InChI=1S/C13H26N2O.H2/c1-9(2)12(14-13(16)10(3)4)11-7-6-8-15(11)5;/h9-12H,6-8H2,1-5H3,(H,14,16);1H/t11-,12-;/m0./s1. The van der Waals surface area contributed by atoms with Crippen LogP contribution < -0.4 is 5.32 Å². The van der Waals surface area contributed by atoms with Gasteiger partial charge in [0.2, 0.25) is 5.91 Å². The molecular weight excluding hydrogens is 200 g/mol. The second kappa shape index (κ2) is 5.67. The number of rotatable bonds is 4. The highest BCUT2D eigenvalue weighted by atomic mass is 16.1. The first kappa shape index (κ1) is 13.5. The average Bonchev–Trinajstić information content (AvgIpc) is 2.59. The minimum atomic E-state index is 0. The molecule has 0 aromatic heterocycles. The van der Waals surface area contributed by atoms with Crippen LogP contribution in [0, 0.1) is 11.8 Å². The molecule has 0 spiro atoms. The van der Waals surface area contributed by atoms with Crippen molar-refractivity contribution in [2.75, 3.05) is 13.6 Å². The Morgan fingerprint density at radius 2 is 2.00 bits per heavy atom. The molecule has 0 radical (unpaired) electrons. The first-order valence-corrected chi connectivity index (χ1v) is 6.44. The van der Waals surface area contributed by atoms with E-state index < -0.39 is 0 Å². The SMILES string of the molecule is CC(C)C(=O)N[C@@H](C(C)C)[C@@H]1CCCN1C.[HH]. The van der Waals surface area contributed by atoms with Crippen LogP contribution in [0.15, 0.2) is 0 Å². The summed E-state index contributed by atoms with van der Waals surface area (Å²) < 4.78 is 0. The summed E-state index contributed by atoms with van der Waals surface area (Å²) in [6, 6.07) is 0.810. The van der Waals surface area contributed by atoms with Crippen molar-refractivity contribution in [1.82, 2.24) is 10.2 Å². The number of likely N-dealkylation sites (N-methyl/N-ethyl adjacent to an activating group) is 1. The van der Waals surface area contributed by atoms with E-state index in [1.807, 2.05) is 13.8 Å². The van der Waals surface area contributed by atoms with Crippen molar-refractivity contribution in [2.24, 2.45) is 11.8 Å². The fraction of sp³-hybridized carbons (Fsp3) is 0.923. The maximum absolute atomic E-state index is 11.8. The summed E-state index contributed by atoms with van der Waals surface area (Å²) in [6.45, 7) is 9.44. The molecule has 1 saturated heterocycles. The van der Waals surface area contributed by atoms with Crippen LogP contribution in [0.3, 0.4) is 0 Å². The van der Waals surface area contributed by atoms with E-state index in [1.165, 1.54) is 12.8 Å². The molecule has 0 aromatic rings. The van der Waals surface area contributed by atoms with Gasteiger partial charge in [0.25, 0.3) is 0 Å². The first-order chi connectivity index (χ1) is 7.43. The van der Waals surface area contributed by atoms with Crippen molar-refractivity contribution in [3.63, 3.8) is 0 Å². The van der Waals surface area contributed by atoms with Gasteiger partial charge in [-0.15, -0.1) is 0 Å². The van der Waals surface area contributed by atoms with Crippen molar-refractivity contribution < 1.29 is 6.22 Å². The molecule has 1 heterocycles. The highest BCUT2D eigenvalue weighted by molar-refractivity contribution is 5.78. The lowest BCUT2D eigenvalue weighted by Gasteiger charge is -2.33. The minimum absolute atomic E-state index is 0. The summed E-state index contributed by atoms with van der Waals surface area (Å²) >= 11 is 0. The molecule has 1 N–H and O–H groups in total. The van der Waals surface area contributed by atoms with Crippen molar-refractivity contribution in [3.8, 4) is 0 Å². The third kappa shape index (κ3) is 3.21. The summed E-state index contributed by atoms with van der Waals surface area (Å²) in [4.78, 5) is 14.2. The lowest BCUT2D eigenvalue weighted by atomic mass is 9.94. The molecule has 1 amide bonds. The Kier molecular flexibility index (Phi) is 4.78. The molecule has 3 heteroatoms. The second-order valence-electron chi connectivity index (χ2n) is 5.62. The second-order valence-corrected chi connectivity index (χ2v) is 5.62. The number of hydrogen-bond acceptors (Lipinski definition) is 2. The summed E-state index contributed by atoms with van der Waals surface area (Å²) in [5, 5.41) is 3.21. The van der Waals surface area contributed by atoms with E-state index in [4.69, 9.17) is 0 Å². The summed E-state index contributed by atoms with van der Waals surface area (Å²) in [5.74, 6) is 0.750. The summed E-state index contributed by atoms with van der Waals surface area (Å²) in [7, 11) is 2.16. The number of carbonyl (C=O) groups is 1. The zero-order chi connectivity index (χ0) is 12.3. The van der Waals surface area contributed by atoms with Crippen LogP contribution in [0.1, 0.15) is 42.0 Å². The number of nitrogens with zero attached hydrogens (tertiary/aromatic N) is 1. The third-order valence-corrected chi connectivity index (χ3v) is 3.54. The van der Waals surface area contributed by atoms with Crippen molar-refractivity contribution in [2.45, 2.75) is 52.6 Å². The van der Waals surface area contributed by atoms with Gasteiger partial charge >= 0.3 is 0 Å². The van der Waals surface area contributed by atoms with E-state index >= 15 is 0 Å². The van der Waals surface area contributed by atoms with Gasteiger partial charge < -0.3 is 10.2 Å². The number of carbonyl (C=O) groups excluding carboxylic acids is 1. The van der Waals surface area contributed by atoms with E-state index in [0.29, 0.717) is 18.0 Å². The first-order valence-electron chi connectivity index (χ1n) is 6.44. The van der Waals surface area contributed by atoms with Gasteiger partial charge in [-0.1, -0.05) is 27.7 Å². The van der Waals surface area contributed by atoms with Crippen LogP contribution >= 0.6 is 0 Å². The molecule has 2 atom stereocenters. The third-order valence-electron chi connectivity index (χ3n) is 3.54. The van der Waals surface area contributed by atoms with Gasteiger partial charge in [-0.05, 0) is 32.4 Å². The molecule has 0 saturated carbocycles. The fourth-order valence-corrected chi connectivity index (χ4v) is 2.43. The van der Waals surface area contributed by atoms with Crippen LogP contribution in [-0.4, -0.2) is 36.5 Å². The van der Waals surface area contributed by atoms with E-state index in [9.17, 15) is 4.79 Å². The predicted octanol–water partition coefficient (Wildman–Crippen LogP) is 2.12. The van der Waals surface area contributed by atoms with Gasteiger partial charge in [0.05, 0.1) is 0 Å². The highest BCUT2D eigenvalue weighted by Gasteiger charge is 2.32. The summed E-state index contributed by atoms with van der Waals surface area (Å²) in [6.07, 6.45) is 2.46. The molecule has 0 bridgehead atoms. The minimum Gasteiger partial charge on any atom is -0.351 e. The Bertz CT molecular complexity index is 244. The molecule has 16 heavy (non-hydrogen) atoms. The van der Waals surface area contributed by atoms with Gasteiger partial charge in [0.15, 0.2) is 0 Å². The Morgan fingerprint density at radius 3 is 2.38 bits per heavy atom. The molecular formula is C13H28N2O. The number of hydrogen-bond donors (Lipinski definition) is 1. The van der Waals surface area contributed by atoms with Crippen molar-refractivity contribution >= 4 is 5.91 Å². The normalized spacial score (nSPS) is 24.1.